The van der Waals surface area contributed by atoms with Crippen LogP contribution in [-0.4, -0.2) is 24.2 Å². The number of carbonyl (C=O) groups excluding carboxylic acids is 1. The molecule has 1 atom stereocenters. The van der Waals surface area contributed by atoms with Crippen LogP contribution in [0.15, 0.2) is 0 Å². The van der Waals surface area contributed by atoms with Crippen LogP contribution in [0, 0.1) is 5.41 Å². The van der Waals surface area contributed by atoms with Crippen LogP contribution in [0.1, 0.15) is 20.8 Å². The van der Waals surface area contributed by atoms with Crippen LogP contribution in [0.3, 0.4) is 0 Å². The molecule has 0 aliphatic rings. The van der Waals surface area contributed by atoms with Crippen molar-refractivity contribution in [3.8, 4) is 0 Å². The highest BCUT2D eigenvalue weighted by molar-refractivity contribution is 5.80. The Bertz CT molecular complexity index is 126. The number of carbonyl (C=O) groups is 1. The Morgan fingerprint density at radius 2 is 1.90 bits per heavy atom. The molecule has 0 unspecified atom stereocenters. The van der Waals surface area contributed by atoms with Gasteiger partial charge in [-0.3, -0.25) is 4.79 Å². The lowest BCUT2D eigenvalue weighted by Crippen LogP contribution is -2.40. The van der Waals surface area contributed by atoms with Gasteiger partial charge in [0.2, 0.25) is 5.91 Å². The third-order valence-corrected chi connectivity index (χ3v) is 1.32. The summed E-state index contributed by atoms with van der Waals surface area (Å²) in [5.41, 5.74) is -0.375. The number of nitrogens with one attached hydrogen (secondary N) is 1. The summed E-state index contributed by atoms with van der Waals surface area (Å²) in [5.74, 6) is -0.326. The summed E-state index contributed by atoms with van der Waals surface area (Å²) >= 11 is 0. The van der Waals surface area contributed by atoms with Crippen molar-refractivity contribution in [1.29, 1.82) is 0 Å². The van der Waals surface area contributed by atoms with Crippen LogP contribution in [0.25, 0.3) is 0 Å². The second-order valence-corrected chi connectivity index (χ2v) is 3.38. The maximum Gasteiger partial charge on any atom is 0.249 e. The minimum atomic E-state index is -0.919. The number of rotatable bonds is 1. The lowest BCUT2D eigenvalue weighted by Gasteiger charge is -2.23. The molecule has 0 bridgehead atoms. The van der Waals surface area contributed by atoms with Gasteiger partial charge in [0.25, 0.3) is 0 Å². The first-order chi connectivity index (χ1) is 4.39. The third-order valence-electron chi connectivity index (χ3n) is 1.32. The maximum atomic E-state index is 10.8. The fourth-order valence-corrected chi connectivity index (χ4v) is 0.530. The van der Waals surface area contributed by atoms with E-state index in [1.807, 2.05) is 20.8 Å². The Morgan fingerprint density at radius 1 is 1.50 bits per heavy atom. The fourth-order valence-electron chi connectivity index (χ4n) is 0.530. The fraction of sp³-hybridized carbons (Fsp3) is 0.857. The molecule has 3 nitrogen and oxygen atoms in total. The summed E-state index contributed by atoms with van der Waals surface area (Å²) in [6, 6.07) is 0. The van der Waals surface area contributed by atoms with E-state index in [1.165, 1.54) is 7.05 Å². The zero-order valence-corrected chi connectivity index (χ0v) is 6.93. The monoisotopic (exact) mass is 145 g/mol. The van der Waals surface area contributed by atoms with E-state index in [-0.39, 0.29) is 11.3 Å². The van der Waals surface area contributed by atoms with E-state index in [1.54, 1.807) is 0 Å². The zero-order valence-electron chi connectivity index (χ0n) is 6.93. The van der Waals surface area contributed by atoms with E-state index in [0.29, 0.717) is 0 Å². The van der Waals surface area contributed by atoms with Crippen molar-refractivity contribution in [2.75, 3.05) is 7.05 Å². The standard InChI is InChI=1S/C7H15NO2/c1-7(2,3)5(9)6(10)8-4/h5,9H,1-4H3,(H,8,10)/t5-/m0/s1. The van der Waals surface area contributed by atoms with Gasteiger partial charge in [-0.15, -0.1) is 0 Å². The number of hydrogen-bond acceptors (Lipinski definition) is 2. The SMILES string of the molecule is CNC(=O)[C@H](O)C(C)(C)C. The quantitative estimate of drug-likeness (QED) is 0.551. The van der Waals surface area contributed by atoms with Crippen molar-refractivity contribution in [3.63, 3.8) is 0 Å². The van der Waals surface area contributed by atoms with Crippen molar-refractivity contribution >= 4 is 5.91 Å². The Balaban J connectivity index is 4.08. The van der Waals surface area contributed by atoms with Gasteiger partial charge in [0, 0.05) is 7.05 Å². The summed E-state index contributed by atoms with van der Waals surface area (Å²) < 4.78 is 0. The van der Waals surface area contributed by atoms with Crippen LogP contribution < -0.4 is 5.32 Å². The third kappa shape index (κ3) is 2.35. The van der Waals surface area contributed by atoms with Gasteiger partial charge in [-0.05, 0) is 5.41 Å². The maximum absolute atomic E-state index is 10.8. The Kier molecular flexibility index (Phi) is 2.84. The highest BCUT2D eigenvalue weighted by Crippen LogP contribution is 2.18. The average molecular weight is 145 g/mol. The van der Waals surface area contributed by atoms with Crippen LogP contribution in [0.5, 0.6) is 0 Å². The molecule has 10 heavy (non-hydrogen) atoms. The molecule has 0 spiro atoms. The molecule has 0 radical (unpaired) electrons. The molecule has 0 aromatic rings. The molecule has 0 heterocycles. The first kappa shape index (κ1) is 9.43. The molecule has 3 heteroatoms. The predicted molar refractivity (Wildman–Crippen MR) is 39.5 cm³/mol. The van der Waals surface area contributed by atoms with E-state index in [0.717, 1.165) is 0 Å². The molecule has 60 valence electrons. The molecular formula is C7H15NO2. The smallest absolute Gasteiger partial charge is 0.249 e. The molecule has 1 amide bonds. The first-order valence-corrected chi connectivity index (χ1v) is 3.29. The van der Waals surface area contributed by atoms with E-state index in [9.17, 15) is 9.90 Å². The normalized spacial score (nSPS) is 14.5. The summed E-state index contributed by atoms with van der Waals surface area (Å²) in [7, 11) is 1.51. The van der Waals surface area contributed by atoms with Gasteiger partial charge in [0.15, 0.2) is 0 Å². The topological polar surface area (TPSA) is 49.3 Å². The molecule has 0 saturated heterocycles. The average Bonchev–Trinajstić information content (AvgIpc) is 1.83. The summed E-state index contributed by atoms with van der Waals surface area (Å²) in [6.07, 6.45) is -0.919. The Labute approximate surface area is 61.4 Å². The van der Waals surface area contributed by atoms with E-state index < -0.39 is 6.10 Å². The summed E-state index contributed by atoms with van der Waals surface area (Å²) in [4.78, 5) is 10.8. The van der Waals surface area contributed by atoms with Crippen LogP contribution in [0.2, 0.25) is 0 Å². The number of likely N-dealkylation sites (N-methyl/N-ethyl adjacent to an activating group) is 1. The molecule has 0 rings (SSSR count). The highest BCUT2D eigenvalue weighted by atomic mass is 16.3. The van der Waals surface area contributed by atoms with Gasteiger partial charge in [-0.1, -0.05) is 20.8 Å². The zero-order chi connectivity index (χ0) is 8.36. The van der Waals surface area contributed by atoms with Crippen molar-refractivity contribution in [2.24, 2.45) is 5.41 Å². The molecule has 0 fully saturated rings. The Morgan fingerprint density at radius 3 is 2.00 bits per heavy atom. The number of aliphatic hydroxyl groups excluding tert-OH is 1. The van der Waals surface area contributed by atoms with Gasteiger partial charge in [0.05, 0.1) is 0 Å². The van der Waals surface area contributed by atoms with E-state index >= 15 is 0 Å². The number of amides is 1. The van der Waals surface area contributed by atoms with Crippen molar-refractivity contribution in [1.82, 2.24) is 5.32 Å². The number of hydrogen-bond donors (Lipinski definition) is 2. The van der Waals surface area contributed by atoms with Crippen LogP contribution >= 0.6 is 0 Å². The number of aliphatic hydroxyl groups is 1. The molecular weight excluding hydrogens is 130 g/mol. The molecule has 0 aliphatic heterocycles. The predicted octanol–water partition coefficient (Wildman–Crippen LogP) is 0.139. The first-order valence-electron chi connectivity index (χ1n) is 3.29. The summed E-state index contributed by atoms with van der Waals surface area (Å²) in [5, 5.41) is 11.6. The minimum absolute atomic E-state index is 0.326. The molecule has 0 aromatic heterocycles. The molecule has 0 aliphatic carbocycles. The van der Waals surface area contributed by atoms with E-state index in [2.05, 4.69) is 5.32 Å². The van der Waals surface area contributed by atoms with Crippen molar-refractivity contribution in [2.45, 2.75) is 26.9 Å². The van der Waals surface area contributed by atoms with Gasteiger partial charge in [0.1, 0.15) is 6.10 Å². The van der Waals surface area contributed by atoms with Gasteiger partial charge >= 0.3 is 0 Å². The highest BCUT2D eigenvalue weighted by Gasteiger charge is 2.27. The van der Waals surface area contributed by atoms with Crippen molar-refractivity contribution < 1.29 is 9.90 Å². The lowest BCUT2D eigenvalue weighted by molar-refractivity contribution is -0.134. The molecule has 0 aromatic carbocycles. The van der Waals surface area contributed by atoms with Gasteiger partial charge in [-0.2, -0.15) is 0 Å². The van der Waals surface area contributed by atoms with E-state index in [4.69, 9.17) is 0 Å². The van der Waals surface area contributed by atoms with Crippen LogP contribution in [0.4, 0.5) is 0 Å². The van der Waals surface area contributed by atoms with Gasteiger partial charge < -0.3 is 10.4 Å². The van der Waals surface area contributed by atoms with Crippen LogP contribution in [-0.2, 0) is 4.79 Å². The summed E-state index contributed by atoms with van der Waals surface area (Å²) in [6.45, 7) is 5.44. The molecule has 2 N–H and O–H groups in total. The minimum Gasteiger partial charge on any atom is -0.383 e. The van der Waals surface area contributed by atoms with Crippen molar-refractivity contribution in [3.05, 3.63) is 0 Å². The Hall–Kier alpha value is -0.570. The second kappa shape index (κ2) is 3.01. The lowest BCUT2D eigenvalue weighted by atomic mass is 9.89. The second-order valence-electron chi connectivity index (χ2n) is 3.38. The largest absolute Gasteiger partial charge is 0.383 e. The van der Waals surface area contributed by atoms with Gasteiger partial charge in [-0.25, -0.2) is 0 Å². The molecule has 0 saturated carbocycles.